The van der Waals surface area contributed by atoms with Crippen LogP contribution in [0.1, 0.15) is 16.7 Å². The van der Waals surface area contributed by atoms with E-state index in [0.717, 1.165) is 0 Å². The third kappa shape index (κ3) is 2.72. The molecule has 0 fully saturated rings. The Labute approximate surface area is 147 Å². The number of halogens is 2. The van der Waals surface area contributed by atoms with Crippen LogP contribution in [0.2, 0.25) is 10.2 Å². The predicted octanol–water partition coefficient (Wildman–Crippen LogP) is 2.86. The van der Waals surface area contributed by atoms with E-state index in [-0.39, 0.29) is 19.8 Å². The van der Waals surface area contributed by atoms with E-state index in [1.54, 1.807) is 24.5 Å². The summed E-state index contributed by atoms with van der Waals surface area (Å²) in [6.45, 7) is -0.882. The van der Waals surface area contributed by atoms with Crippen molar-refractivity contribution in [1.82, 2.24) is 15.0 Å². The highest BCUT2D eigenvalue weighted by Crippen LogP contribution is 2.43. The quantitative estimate of drug-likeness (QED) is 0.478. The van der Waals surface area contributed by atoms with Crippen molar-refractivity contribution in [1.29, 1.82) is 0 Å². The van der Waals surface area contributed by atoms with Crippen LogP contribution in [-0.4, -0.2) is 30.3 Å². The van der Waals surface area contributed by atoms with Crippen LogP contribution in [0.25, 0.3) is 22.6 Å². The summed E-state index contributed by atoms with van der Waals surface area (Å²) in [5.41, 5.74) is 3.10. The molecule has 0 aliphatic heterocycles. The number of nitrogens with zero attached hydrogens (tertiary/aromatic N) is 1. The van der Waals surface area contributed by atoms with Gasteiger partial charge in [-0.05, 0) is 22.3 Å². The van der Waals surface area contributed by atoms with E-state index in [2.05, 4.69) is 15.0 Å². The summed E-state index contributed by atoms with van der Waals surface area (Å²) in [4.78, 5) is 10.1. The molecule has 0 spiro atoms. The Morgan fingerprint density at radius 3 is 2.33 bits per heavy atom. The van der Waals surface area contributed by atoms with Gasteiger partial charge in [0, 0.05) is 18.0 Å². The average Bonchev–Trinajstić information content (AvgIpc) is 3.21. The molecule has 0 bridgehead atoms. The highest BCUT2D eigenvalue weighted by atomic mass is 35.5. The molecule has 0 unspecified atom stereocenters. The number of nitrogens with one attached hydrogen (secondary N) is 2. The van der Waals surface area contributed by atoms with Gasteiger partial charge < -0.3 is 25.3 Å². The second-order valence-corrected chi connectivity index (χ2v) is 5.90. The minimum atomic E-state index is -0.326. The molecule has 2 heterocycles. The number of aromatic amines is 2. The lowest BCUT2D eigenvalue weighted by Gasteiger charge is -2.15. The first-order valence-corrected chi connectivity index (χ1v) is 7.91. The van der Waals surface area contributed by atoms with Gasteiger partial charge in [-0.1, -0.05) is 35.3 Å². The van der Waals surface area contributed by atoms with Crippen LogP contribution in [0.3, 0.4) is 0 Å². The van der Waals surface area contributed by atoms with Gasteiger partial charge in [-0.2, -0.15) is 0 Å². The summed E-state index contributed by atoms with van der Waals surface area (Å²) in [6, 6.07) is 3.38. The number of H-pyrrole nitrogens is 2. The van der Waals surface area contributed by atoms with Gasteiger partial charge >= 0.3 is 0 Å². The fourth-order valence-corrected chi connectivity index (χ4v) is 3.42. The summed E-state index contributed by atoms with van der Waals surface area (Å²) in [7, 11) is 0. The van der Waals surface area contributed by atoms with E-state index in [4.69, 9.17) is 23.2 Å². The number of hydrogen-bond donors (Lipinski definition) is 5. The van der Waals surface area contributed by atoms with Crippen LogP contribution in [0, 0.1) is 0 Å². The van der Waals surface area contributed by atoms with Crippen LogP contribution < -0.4 is 0 Å². The predicted molar refractivity (Wildman–Crippen MR) is 91.6 cm³/mol. The molecule has 0 saturated heterocycles. The molecular weight excluding hydrogens is 353 g/mol. The number of imidazole rings is 1. The zero-order chi connectivity index (χ0) is 17.3. The Kier molecular flexibility index (Phi) is 4.93. The van der Waals surface area contributed by atoms with Gasteiger partial charge in [0.25, 0.3) is 0 Å². The second-order valence-electron chi connectivity index (χ2n) is 5.14. The molecule has 3 rings (SSSR count). The number of aliphatic hydroxyl groups excluding tert-OH is 3. The molecule has 2 aromatic heterocycles. The van der Waals surface area contributed by atoms with Crippen molar-refractivity contribution in [2.45, 2.75) is 19.8 Å². The summed E-state index contributed by atoms with van der Waals surface area (Å²) in [5, 5.41) is 29.4. The maximum Gasteiger partial charge on any atom is 0.155 e. The molecule has 126 valence electrons. The third-order valence-corrected chi connectivity index (χ3v) is 4.57. The normalized spacial score (nSPS) is 11.2. The summed E-state index contributed by atoms with van der Waals surface area (Å²) in [6.07, 6.45) is 3.26. The lowest BCUT2D eigenvalue weighted by atomic mass is 9.93. The number of benzene rings is 1. The zero-order valence-electron chi connectivity index (χ0n) is 12.5. The first-order valence-electron chi connectivity index (χ1n) is 7.15. The molecule has 1 aromatic carbocycles. The smallest absolute Gasteiger partial charge is 0.155 e. The summed E-state index contributed by atoms with van der Waals surface area (Å²) in [5.74, 6) is 0.535. The molecule has 0 aliphatic rings. The Balaban J connectivity index is 2.23. The minimum absolute atomic E-state index is 0.241. The van der Waals surface area contributed by atoms with E-state index < -0.39 is 0 Å². The minimum Gasteiger partial charge on any atom is -0.392 e. The van der Waals surface area contributed by atoms with Crippen molar-refractivity contribution in [3.05, 3.63) is 51.4 Å². The van der Waals surface area contributed by atoms with Crippen LogP contribution >= 0.6 is 23.2 Å². The molecule has 0 atom stereocenters. The lowest BCUT2D eigenvalue weighted by molar-refractivity contribution is 0.248. The average molecular weight is 368 g/mol. The SMILES string of the molecule is OCc1ccc(-c2c(Cl)[nH]c(-c3ncc[nH]3)c2Cl)c(CO)c1CO. The van der Waals surface area contributed by atoms with Gasteiger partial charge in [-0.25, -0.2) is 4.98 Å². The van der Waals surface area contributed by atoms with Crippen molar-refractivity contribution >= 4 is 23.2 Å². The van der Waals surface area contributed by atoms with E-state index in [0.29, 0.717) is 49.5 Å². The third-order valence-electron chi connectivity index (χ3n) is 3.91. The lowest BCUT2D eigenvalue weighted by Crippen LogP contribution is -2.03. The number of hydrogen-bond acceptors (Lipinski definition) is 4. The summed E-state index contributed by atoms with van der Waals surface area (Å²) < 4.78 is 0. The molecule has 3 aromatic rings. The molecule has 0 aliphatic carbocycles. The van der Waals surface area contributed by atoms with Crippen molar-refractivity contribution in [2.24, 2.45) is 0 Å². The molecule has 24 heavy (non-hydrogen) atoms. The Morgan fingerprint density at radius 1 is 1.00 bits per heavy atom. The maximum absolute atomic E-state index is 9.78. The summed E-state index contributed by atoms with van der Waals surface area (Å²) >= 11 is 12.8. The van der Waals surface area contributed by atoms with Crippen molar-refractivity contribution in [3.8, 4) is 22.6 Å². The molecule has 0 saturated carbocycles. The first-order chi connectivity index (χ1) is 11.6. The number of aromatic nitrogens is 3. The topological polar surface area (TPSA) is 105 Å². The largest absolute Gasteiger partial charge is 0.392 e. The van der Waals surface area contributed by atoms with E-state index >= 15 is 0 Å². The fourth-order valence-electron chi connectivity index (χ4n) is 2.75. The Bertz CT molecular complexity index is 860. The molecule has 5 N–H and O–H groups in total. The van der Waals surface area contributed by atoms with Crippen molar-refractivity contribution in [3.63, 3.8) is 0 Å². The van der Waals surface area contributed by atoms with Gasteiger partial charge in [0.05, 0.1) is 24.8 Å². The van der Waals surface area contributed by atoms with Crippen molar-refractivity contribution in [2.75, 3.05) is 0 Å². The Morgan fingerprint density at radius 2 is 1.75 bits per heavy atom. The second kappa shape index (κ2) is 6.96. The highest BCUT2D eigenvalue weighted by molar-refractivity contribution is 6.41. The zero-order valence-corrected chi connectivity index (χ0v) is 14.0. The fraction of sp³-hybridized carbons (Fsp3) is 0.188. The molecule has 0 amide bonds. The monoisotopic (exact) mass is 367 g/mol. The van der Waals surface area contributed by atoms with Gasteiger partial charge in [-0.15, -0.1) is 0 Å². The van der Waals surface area contributed by atoms with E-state index in [9.17, 15) is 15.3 Å². The van der Waals surface area contributed by atoms with Gasteiger partial charge in [0.15, 0.2) is 5.82 Å². The van der Waals surface area contributed by atoms with Crippen molar-refractivity contribution < 1.29 is 15.3 Å². The van der Waals surface area contributed by atoms with Crippen LogP contribution in [0.15, 0.2) is 24.5 Å². The molecule has 8 heteroatoms. The van der Waals surface area contributed by atoms with Crippen LogP contribution in [-0.2, 0) is 19.8 Å². The molecule has 6 nitrogen and oxygen atoms in total. The highest BCUT2D eigenvalue weighted by Gasteiger charge is 2.22. The Hall–Kier alpha value is -1.83. The first kappa shape index (κ1) is 17.0. The van der Waals surface area contributed by atoms with E-state index in [1.807, 2.05) is 0 Å². The molecule has 0 radical (unpaired) electrons. The van der Waals surface area contributed by atoms with Gasteiger partial charge in [0.2, 0.25) is 0 Å². The van der Waals surface area contributed by atoms with Gasteiger partial charge in [0.1, 0.15) is 10.8 Å². The van der Waals surface area contributed by atoms with Crippen LogP contribution in [0.5, 0.6) is 0 Å². The number of rotatable bonds is 5. The van der Waals surface area contributed by atoms with Gasteiger partial charge in [-0.3, -0.25) is 0 Å². The standard InChI is InChI=1S/C16H15Cl2N3O3/c17-13-12(15(18)21-14(13)16-19-3-4-20-16)9-2-1-8(5-22)10(6-23)11(9)7-24/h1-4,21-24H,5-7H2,(H,19,20). The molecular formula is C16H15Cl2N3O3. The number of aliphatic hydroxyl groups is 3. The van der Waals surface area contributed by atoms with E-state index in [1.165, 1.54) is 0 Å². The van der Waals surface area contributed by atoms with Crippen LogP contribution in [0.4, 0.5) is 0 Å². The maximum atomic E-state index is 9.78.